The maximum Gasteiger partial charge on any atom is 0.140 e. The van der Waals surface area contributed by atoms with Gasteiger partial charge in [-0.25, -0.2) is 0 Å². The Balaban J connectivity index is 1.95. The Morgan fingerprint density at radius 1 is 1.19 bits per heavy atom. The molecule has 1 aromatic heterocycles. The third kappa shape index (κ3) is 2.83. The standard InChI is InChI=1S/C17H21ClO3/c1-20-17(8-4-2-3-5-9-17)16(19)15-11-12-10-13(18)6-7-14(12)21-15/h6-7,10-11,16,19H,2-5,8-9H2,1H3. The third-order valence-corrected chi connectivity index (χ3v) is 4.86. The second-order valence-corrected chi connectivity index (χ2v) is 6.35. The van der Waals surface area contributed by atoms with Gasteiger partial charge in [0.2, 0.25) is 0 Å². The molecule has 0 spiro atoms. The van der Waals surface area contributed by atoms with Crippen molar-refractivity contribution in [2.45, 2.75) is 50.2 Å². The highest BCUT2D eigenvalue weighted by Gasteiger charge is 2.40. The molecular weight excluding hydrogens is 288 g/mol. The Labute approximate surface area is 129 Å². The normalized spacial score (nSPS) is 20.3. The van der Waals surface area contributed by atoms with Crippen molar-refractivity contribution in [3.63, 3.8) is 0 Å². The topological polar surface area (TPSA) is 42.6 Å². The molecule has 0 saturated heterocycles. The zero-order valence-corrected chi connectivity index (χ0v) is 13.0. The summed E-state index contributed by atoms with van der Waals surface area (Å²) in [4.78, 5) is 0. The first-order chi connectivity index (χ1) is 10.1. The van der Waals surface area contributed by atoms with Crippen LogP contribution in [0.15, 0.2) is 28.7 Å². The molecule has 4 heteroatoms. The minimum absolute atomic E-state index is 0.534. The SMILES string of the molecule is COC1(C(O)c2cc3cc(Cl)ccc3o2)CCCCCC1. The highest BCUT2D eigenvalue weighted by molar-refractivity contribution is 6.31. The monoisotopic (exact) mass is 308 g/mol. The van der Waals surface area contributed by atoms with Crippen LogP contribution in [-0.2, 0) is 4.74 Å². The second-order valence-electron chi connectivity index (χ2n) is 5.92. The molecule has 1 unspecified atom stereocenters. The Kier molecular flexibility index (Phi) is 4.25. The molecular formula is C17H21ClO3. The highest BCUT2D eigenvalue weighted by atomic mass is 35.5. The largest absolute Gasteiger partial charge is 0.458 e. The number of hydrogen-bond acceptors (Lipinski definition) is 3. The van der Waals surface area contributed by atoms with E-state index in [0.717, 1.165) is 36.7 Å². The fourth-order valence-corrected chi connectivity index (χ4v) is 3.53. The highest BCUT2D eigenvalue weighted by Crippen LogP contribution is 2.41. The Morgan fingerprint density at radius 3 is 2.57 bits per heavy atom. The number of ether oxygens (including phenoxy) is 1. The van der Waals surface area contributed by atoms with Gasteiger partial charge in [-0.2, -0.15) is 0 Å². The van der Waals surface area contributed by atoms with E-state index >= 15 is 0 Å². The Bertz CT molecular complexity index is 612. The molecule has 0 radical (unpaired) electrons. The van der Waals surface area contributed by atoms with E-state index in [1.165, 1.54) is 12.8 Å². The predicted octanol–water partition coefficient (Wildman–Crippen LogP) is 4.86. The van der Waals surface area contributed by atoms with Crippen molar-refractivity contribution in [1.29, 1.82) is 0 Å². The lowest BCUT2D eigenvalue weighted by molar-refractivity contribution is -0.120. The summed E-state index contributed by atoms with van der Waals surface area (Å²) in [7, 11) is 1.69. The van der Waals surface area contributed by atoms with Crippen LogP contribution in [0.4, 0.5) is 0 Å². The van der Waals surface area contributed by atoms with Crippen LogP contribution in [0.5, 0.6) is 0 Å². The fourth-order valence-electron chi connectivity index (χ4n) is 3.34. The van der Waals surface area contributed by atoms with Gasteiger partial charge in [0, 0.05) is 17.5 Å². The first-order valence-electron chi connectivity index (χ1n) is 7.57. The Hall–Kier alpha value is -1.03. The number of furan rings is 1. The summed E-state index contributed by atoms with van der Waals surface area (Å²) in [6, 6.07) is 7.35. The lowest BCUT2D eigenvalue weighted by Gasteiger charge is -2.35. The average molecular weight is 309 g/mol. The number of hydrogen-bond donors (Lipinski definition) is 1. The molecule has 0 bridgehead atoms. The van der Waals surface area contributed by atoms with Crippen molar-refractivity contribution in [3.8, 4) is 0 Å². The summed E-state index contributed by atoms with van der Waals surface area (Å²) in [5.41, 5.74) is 0.210. The molecule has 114 valence electrons. The van der Waals surface area contributed by atoms with Crippen LogP contribution in [0.3, 0.4) is 0 Å². The van der Waals surface area contributed by atoms with Gasteiger partial charge in [-0.15, -0.1) is 0 Å². The van der Waals surface area contributed by atoms with Crippen molar-refractivity contribution < 1.29 is 14.3 Å². The molecule has 2 aromatic rings. The van der Waals surface area contributed by atoms with Crippen LogP contribution >= 0.6 is 11.6 Å². The van der Waals surface area contributed by atoms with E-state index in [1.807, 2.05) is 18.2 Å². The molecule has 1 aliphatic carbocycles. The van der Waals surface area contributed by atoms with Gasteiger partial charge < -0.3 is 14.3 Å². The summed E-state index contributed by atoms with van der Waals surface area (Å²) < 4.78 is 11.6. The van der Waals surface area contributed by atoms with E-state index in [1.54, 1.807) is 13.2 Å². The quantitative estimate of drug-likeness (QED) is 0.823. The van der Waals surface area contributed by atoms with Crippen LogP contribution < -0.4 is 0 Å². The molecule has 1 aliphatic rings. The summed E-state index contributed by atoms with van der Waals surface area (Å²) in [5, 5.41) is 12.4. The average Bonchev–Trinajstić information content (AvgIpc) is 2.75. The second kappa shape index (κ2) is 5.99. The molecule has 0 amide bonds. The number of halogens is 1. The lowest BCUT2D eigenvalue weighted by Crippen LogP contribution is -2.38. The molecule has 1 N–H and O–H groups in total. The molecule has 1 heterocycles. The van der Waals surface area contributed by atoms with Gasteiger partial charge in [-0.1, -0.05) is 37.3 Å². The lowest BCUT2D eigenvalue weighted by atomic mass is 9.86. The van der Waals surface area contributed by atoms with Crippen molar-refractivity contribution >= 4 is 22.6 Å². The number of fused-ring (bicyclic) bond motifs is 1. The van der Waals surface area contributed by atoms with Crippen molar-refractivity contribution in [2.75, 3.05) is 7.11 Å². The van der Waals surface area contributed by atoms with Crippen LogP contribution in [0.2, 0.25) is 5.02 Å². The predicted molar refractivity (Wildman–Crippen MR) is 83.6 cm³/mol. The minimum Gasteiger partial charge on any atom is -0.458 e. The maximum atomic E-state index is 10.8. The van der Waals surface area contributed by atoms with E-state index in [-0.39, 0.29) is 0 Å². The summed E-state index contributed by atoms with van der Waals surface area (Å²) in [6.45, 7) is 0. The maximum absolute atomic E-state index is 10.8. The van der Waals surface area contributed by atoms with Crippen molar-refractivity contribution in [3.05, 3.63) is 35.0 Å². The first-order valence-corrected chi connectivity index (χ1v) is 7.95. The van der Waals surface area contributed by atoms with Gasteiger partial charge >= 0.3 is 0 Å². The minimum atomic E-state index is -0.744. The first kappa shape index (κ1) is 14.9. The molecule has 3 nitrogen and oxygen atoms in total. The number of aliphatic hydroxyl groups excluding tert-OH is 1. The van der Waals surface area contributed by atoms with Gasteiger partial charge in [-0.05, 0) is 37.1 Å². The molecule has 1 saturated carbocycles. The van der Waals surface area contributed by atoms with E-state index in [4.69, 9.17) is 20.8 Å². The zero-order chi connectivity index (χ0) is 14.9. The third-order valence-electron chi connectivity index (χ3n) is 4.62. The zero-order valence-electron chi connectivity index (χ0n) is 12.3. The van der Waals surface area contributed by atoms with E-state index < -0.39 is 11.7 Å². The molecule has 1 aromatic carbocycles. The van der Waals surface area contributed by atoms with Crippen LogP contribution in [-0.4, -0.2) is 17.8 Å². The molecule has 1 atom stereocenters. The van der Waals surface area contributed by atoms with E-state index in [0.29, 0.717) is 10.8 Å². The molecule has 1 fully saturated rings. The van der Waals surface area contributed by atoms with Crippen molar-refractivity contribution in [1.82, 2.24) is 0 Å². The summed E-state index contributed by atoms with van der Waals surface area (Å²) >= 11 is 6.00. The van der Waals surface area contributed by atoms with Gasteiger partial charge in [0.25, 0.3) is 0 Å². The van der Waals surface area contributed by atoms with Gasteiger partial charge in [0.05, 0.1) is 0 Å². The van der Waals surface area contributed by atoms with E-state index in [9.17, 15) is 5.11 Å². The van der Waals surface area contributed by atoms with Crippen LogP contribution in [0.1, 0.15) is 50.4 Å². The number of aliphatic hydroxyl groups is 1. The number of benzene rings is 1. The van der Waals surface area contributed by atoms with Crippen LogP contribution in [0.25, 0.3) is 11.0 Å². The summed E-state index contributed by atoms with van der Waals surface area (Å²) in [6.07, 6.45) is 5.55. The molecule has 21 heavy (non-hydrogen) atoms. The summed E-state index contributed by atoms with van der Waals surface area (Å²) in [5.74, 6) is 0.566. The van der Waals surface area contributed by atoms with E-state index in [2.05, 4.69) is 0 Å². The van der Waals surface area contributed by atoms with Gasteiger partial charge in [0.15, 0.2) is 0 Å². The molecule has 0 aliphatic heterocycles. The smallest absolute Gasteiger partial charge is 0.140 e. The fraction of sp³-hybridized carbons (Fsp3) is 0.529. The van der Waals surface area contributed by atoms with Gasteiger partial charge in [-0.3, -0.25) is 0 Å². The van der Waals surface area contributed by atoms with Gasteiger partial charge in [0.1, 0.15) is 23.0 Å². The number of rotatable bonds is 3. The van der Waals surface area contributed by atoms with Crippen molar-refractivity contribution in [2.24, 2.45) is 0 Å². The number of methoxy groups -OCH3 is 1. The molecule has 3 rings (SSSR count). The Morgan fingerprint density at radius 2 is 1.90 bits per heavy atom. The van der Waals surface area contributed by atoms with Crippen LogP contribution in [0, 0.1) is 0 Å².